The molecule has 4 aromatic rings. The van der Waals surface area contributed by atoms with Crippen LogP contribution >= 0.6 is 0 Å². The van der Waals surface area contributed by atoms with Crippen molar-refractivity contribution in [1.29, 1.82) is 0 Å². The number of Topliss-reactive ketones (excluding diaryl/α,β-unsaturated/α-hetero) is 1. The van der Waals surface area contributed by atoms with E-state index in [9.17, 15) is 19.5 Å². The first-order valence-electron chi connectivity index (χ1n) is 12.4. The summed E-state index contributed by atoms with van der Waals surface area (Å²) >= 11 is 0. The quantitative estimate of drug-likeness (QED) is 0.239. The van der Waals surface area contributed by atoms with Crippen LogP contribution in [0.25, 0.3) is 11.0 Å². The highest BCUT2D eigenvalue weighted by Crippen LogP contribution is 2.40. The summed E-state index contributed by atoms with van der Waals surface area (Å²) in [7, 11) is 0. The fourth-order valence-electron chi connectivity index (χ4n) is 4.69. The lowest BCUT2D eigenvalue weighted by molar-refractivity contribution is -0.130. The average molecular weight is 510 g/mol. The number of hydrogen-bond acceptors (Lipinski definition) is 6. The molecule has 0 fully saturated rings. The highest BCUT2D eigenvalue weighted by Gasteiger charge is 2.44. The van der Waals surface area contributed by atoms with Gasteiger partial charge in [-0.3, -0.25) is 9.59 Å². The van der Waals surface area contributed by atoms with E-state index in [0.717, 1.165) is 16.5 Å². The minimum absolute atomic E-state index is 0.0308. The minimum Gasteiger partial charge on any atom is -0.503 e. The van der Waals surface area contributed by atoms with Crippen molar-refractivity contribution in [3.05, 3.63) is 118 Å². The summed E-state index contributed by atoms with van der Waals surface area (Å²) in [5.41, 5.74) is 3.27. The molecule has 1 unspecified atom stereocenters. The molecule has 7 heteroatoms. The predicted molar refractivity (Wildman–Crippen MR) is 142 cm³/mol. The van der Waals surface area contributed by atoms with Gasteiger partial charge in [-0.05, 0) is 56.2 Å². The molecule has 0 spiro atoms. The number of ketones is 1. The summed E-state index contributed by atoms with van der Waals surface area (Å²) in [4.78, 5) is 40.7. The Hall–Kier alpha value is -4.65. The van der Waals surface area contributed by atoms with E-state index >= 15 is 0 Å². The SMILES string of the molecule is Cc1cccc(C2C(C(=O)c3cc4ccccc4o3)=C(O)C(=O)N2Cc2ccc(C(=O)OC(C)C)cc2)c1. The van der Waals surface area contributed by atoms with Crippen LogP contribution in [0.2, 0.25) is 0 Å². The van der Waals surface area contributed by atoms with Gasteiger partial charge in [-0.15, -0.1) is 0 Å². The van der Waals surface area contributed by atoms with Crippen LogP contribution in [0, 0.1) is 6.92 Å². The third kappa shape index (κ3) is 4.70. The van der Waals surface area contributed by atoms with Crippen molar-refractivity contribution < 1.29 is 28.6 Å². The Kier molecular flexibility index (Phi) is 6.59. The normalized spacial score (nSPS) is 15.5. The van der Waals surface area contributed by atoms with E-state index in [-0.39, 0.29) is 24.0 Å². The van der Waals surface area contributed by atoms with Crippen LogP contribution in [0.3, 0.4) is 0 Å². The molecular weight excluding hydrogens is 482 g/mol. The van der Waals surface area contributed by atoms with E-state index in [1.165, 1.54) is 4.90 Å². The number of amides is 1. The molecule has 7 nitrogen and oxygen atoms in total. The maximum atomic E-state index is 13.7. The van der Waals surface area contributed by atoms with E-state index in [2.05, 4.69) is 0 Å². The first kappa shape index (κ1) is 25.0. The van der Waals surface area contributed by atoms with Gasteiger partial charge in [0.2, 0.25) is 5.78 Å². The zero-order valence-electron chi connectivity index (χ0n) is 21.3. The number of nitrogens with zero attached hydrogens (tertiary/aromatic N) is 1. The van der Waals surface area contributed by atoms with Gasteiger partial charge in [-0.1, -0.05) is 60.2 Å². The molecule has 1 aliphatic heterocycles. The molecule has 1 aromatic heterocycles. The van der Waals surface area contributed by atoms with Crippen molar-refractivity contribution in [1.82, 2.24) is 4.90 Å². The maximum Gasteiger partial charge on any atom is 0.338 e. The summed E-state index contributed by atoms with van der Waals surface area (Å²) in [5, 5.41) is 11.7. The number of ether oxygens (including phenoxy) is 1. The first-order valence-corrected chi connectivity index (χ1v) is 12.4. The van der Waals surface area contributed by atoms with E-state index < -0.39 is 29.5 Å². The monoisotopic (exact) mass is 509 g/mol. The molecule has 0 bridgehead atoms. The molecule has 1 atom stereocenters. The van der Waals surface area contributed by atoms with Crippen LogP contribution in [0.15, 0.2) is 94.6 Å². The van der Waals surface area contributed by atoms with Gasteiger partial charge in [0.15, 0.2) is 11.5 Å². The molecule has 1 N–H and O–H groups in total. The molecule has 38 heavy (non-hydrogen) atoms. The van der Waals surface area contributed by atoms with Crippen LogP contribution in [-0.4, -0.2) is 33.8 Å². The van der Waals surface area contributed by atoms with Crippen molar-refractivity contribution in [3.63, 3.8) is 0 Å². The smallest absolute Gasteiger partial charge is 0.338 e. The number of aryl methyl sites for hydroxylation is 1. The molecular formula is C31H27NO6. The van der Waals surface area contributed by atoms with Crippen molar-refractivity contribution >= 4 is 28.6 Å². The van der Waals surface area contributed by atoms with Crippen molar-refractivity contribution in [2.45, 2.75) is 39.5 Å². The largest absolute Gasteiger partial charge is 0.503 e. The van der Waals surface area contributed by atoms with E-state index in [1.54, 1.807) is 56.3 Å². The number of aliphatic hydroxyl groups is 1. The van der Waals surface area contributed by atoms with Crippen LogP contribution in [0.4, 0.5) is 0 Å². The molecule has 192 valence electrons. The molecule has 5 rings (SSSR count). The van der Waals surface area contributed by atoms with Crippen molar-refractivity contribution in [2.24, 2.45) is 0 Å². The second-order valence-corrected chi connectivity index (χ2v) is 9.64. The predicted octanol–water partition coefficient (Wildman–Crippen LogP) is 6.08. The fourth-order valence-corrected chi connectivity index (χ4v) is 4.69. The number of aliphatic hydroxyl groups excluding tert-OH is 1. The topological polar surface area (TPSA) is 97.0 Å². The Bertz CT molecular complexity index is 1540. The molecule has 2 heterocycles. The number of furan rings is 1. The van der Waals surface area contributed by atoms with Gasteiger partial charge >= 0.3 is 5.97 Å². The molecule has 0 saturated heterocycles. The number of hydrogen-bond donors (Lipinski definition) is 1. The van der Waals surface area contributed by atoms with Crippen LogP contribution in [-0.2, 0) is 16.1 Å². The Balaban J connectivity index is 1.51. The van der Waals surface area contributed by atoms with E-state index in [1.807, 2.05) is 43.3 Å². The summed E-state index contributed by atoms with van der Waals surface area (Å²) < 4.78 is 11.0. The van der Waals surface area contributed by atoms with Crippen LogP contribution in [0.1, 0.15) is 57.5 Å². The second-order valence-electron chi connectivity index (χ2n) is 9.64. The standard InChI is InChI=1S/C31H27NO6/c1-18(2)37-31(36)21-13-11-20(12-14-21)17-32-27(23-9-6-7-19(3)15-23)26(29(34)30(32)35)28(33)25-16-22-8-4-5-10-24(22)38-25/h4-16,18,27,34H,17H2,1-3H3. The lowest BCUT2D eigenvalue weighted by Gasteiger charge is -2.27. The van der Waals surface area contributed by atoms with Crippen LogP contribution in [0.5, 0.6) is 0 Å². The number of benzene rings is 3. The molecule has 0 saturated carbocycles. The highest BCUT2D eigenvalue weighted by atomic mass is 16.5. The Morgan fingerprint density at radius 1 is 1.00 bits per heavy atom. The van der Waals surface area contributed by atoms with E-state index in [0.29, 0.717) is 16.7 Å². The zero-order chi connectivity index (χ0) is 27.0. The Morgan fingerprint density at radius 2 is 1.74 bits per heavy atom. The summed E-state index contributed by atoms with van der Waals surface area (Å²) in [6.45, 7) is 5.59. The number of fused-ring (bicyclic) bond motifs is 1. The summed E-state index contributed by atoms with van der Waals surface area (Å²) in [5.74, 6) is -2.18. The second kappa shape index (κ2) is 10.0. The Morgan fingerprint density at radius 3 is 2.42 bits per heavy atom. The molecule has 0 aliphatic carbocycles. The number of para-hydroxylation sites is 1. The van der Waals surface area contributed by atoms with Gasteiger partial charge in [0.1, 0.15) is 5.58 Å². The fraction of sp³-hybridized carbons (Fsp3) is 0.194. The number of carbonyl (C=O) groups is 3. The van der Waals surface area contributed by atoms with Gasteiger partial charge in [0.25, 0.3) is 5.91 Å². The number of carbonyl (C=O) groups excluding carboxylic acids is 3. The number of esters is 1. The highest BCUT2D eigenvalue weighted by molar-refractivity contribution is 6.16. The van der Waals surface area contributed by atoms with Gasteiger partial charge in [-0.25, -0.2) is 4.79 Å². The van der Waals surface area contributed by atoms with Gasteiger partial charge in [0, 0.05) is 11.9 Å². The average Bonchev–Trinajstić information content (AvgIpc) is 3.43. The lowest BCUT2D eigenvalue weighted by atomic mass is 9.94. The maximum absolute atomic E-state index is 13.7. The number of rotatable bonds is 7. The van der Waals surface area contributed by atoms with E-state index in [4.69, 9.17) is 9.15 Å². The van der Waals surface area contributed by atoms with Crippen molar-refractivity contribution in [2.75, 3.05) is 0 Å². The van der Waals surface area contributed by atoms with Gasteiger partial charge < -0.3 is 19.2 Å². The Labute approximate surface area is 219 Å². The summed E-state index contributed by atoms with van der Waals surface area (Å²) in [6, 6.07) is 22.2. The third-order valence-electron chi connectivity index (χ3n) is 6.44. The lowest BCUT2D eigenvalue weighted by Crippen LogP contribution is -2.30. The van der Waals surface area contributed by atoms with Crippen molar-refractivity contribution in [3.8, 4) is 0 Å². The molecule has 1 aliphatic rings. The third-order valence-corrected chi connectivity index (χ3v) is 6.44. The first-order chi connectivity index (χ1) is 18.2. The minimum atomic E-state index is -0.825. The molecule has 1 amide bonds. The van der Waals surface area contributed by atoms with Crippen LogP contribution < -0.4 is 0 Å². The van der Waals surface area contributed by atoms with Gasteiger partial charge in [-0.2, -0.15) is 0 Å². The molecule has 3 aromatic carbocycles. The summed E-state index contributed by atoms with van der Waals surface area (Å²) in [6.07, 6.45) is -0.240. The molecule has 0 radical (unpaired) electrons. The zero-order valence-corrected chi connectivity index (χ0v) is 21.3. The van der Waals surface area contributed by atoms with Gasteiger partial charge in [0.05, 0.1) is 23.3 Å².